The topological polar surface area (TPSA) is 56.7 Å². The van der Waals surface area contributed by atoms with Gasteiger partial charge in [-0.15, -0.1) is 22.0 Å². The van der Waals surface area contributed by atoms with Crippen LogP contribution in [0.4, 0.5) is 0 Å². The Morgan fingerprint density at radius 3 is 2.45 bits per heavy atom. The third kappa shape index (κ3) is 4.01. The molecule has 0 fully saturated rings. The summed E-state index contributed by atoms with van der Waals surface area (Å²) in [7, 11) is 0. The van der Waals surface area contributed by atoms with Crippen molar-refractivity contribution in [2.24, 2.45) is 5.73 Å². The van der Waals surface area contributed by atoms with E-state index in [1.54, 1.807) is 11.8 Å². The summed E-state index contributed by atoms with van der Waals surface area (Å²) in [6, 6.07) is 10.8. The van der Waals surface area contributed by atoms with Crippen molar-refractivity contribution in [1.82, 2.24) is 14.8 Å². The van der Waals surface area contributed by atoms with Crippen LogP contribution in [0.2, 0.25) is 0 Å². The van der Waals surface area contributed by atoms with E-state index in [4.69, 9.17) is 5.73 Å². The van der Waals surface area contributed by atoms with E-state index in [-0.39, 0.29) is 0 Å². The summed E-state index contributed by atoms with van der Waals surface area (Å²) in [6.45, 7) is 4.70. The van der Waals surface area contributed by atoms with Gasteiger partial charge in [-0.05, 0) is 26.0 Å². The Balaban J connectivity index is 1.87. The van der Waals surface area contributed by atoms with Crippen LogP contribution in [0.3, 0.4) is 0 Å². The van der Waals surface area contributed by atoms with Crippen LogP contribution in [-0.4, -0.2) is 26.3 Å². The molecule has 0 bridgehead atoms. The fourth-order valence-electron chi connectivity index (χ4n) is 1.87. The van der Waals surface area contributed by atoms with E-state index in [1.807, 2.05) is 17.8 Å². The second-order valence-electron chi connectivity index (χ2n) is 4.58. The first kappa shape index (κ1) is 15.4. The van der Waals surface area contributed by atoms with E-state index in [0.29, 0.717) is 12.6 Å². The molecule has 20 heavy (non-hydrogen) atoms. The minimum atomic E-state index is 0.341. The molecule has 0 spiro atoms. The first-order chi connectivity index (χ1) is 9.72. The van der Waals surface area contributed by atoms with Crippen LogP contribution >= 0.6 is 23.5 Å². The van der Waals surface area contributed by atoms with E-state index in [1.165, 1.54) is 4.90 Å². The third-order valence-corrected chi connectivity index (χ3v) is 4.98. The second kappa shape index (κ2) is 7.71. The molecular weight excluding hydrogens is 288 g/mol. The van der Waals surface area contributed by atoms with Crippen molar-refractivity contribution in [2.45, 2.75) is 36.5 Å². The molecule has 0 saturated heterocycles. The van der Waals surface area contributed by atoms with Crippen LogP contribution < -0.4 is 5.73 Å². The van der Waals surface area contributed by atoms with Crippen LogP contribution in [0.15, 0.2) is 40.4 Å². The minimum absolute atomic E-state index is 0.341. The number of thioether (sulfide) groups is 2. The monoisotopic (exact) mass is 308 g/mol. The molecular formula is C14H20N4S2. The maximum Gasteiger partial charge on any atom is 0.191 e. The molecule has 4 nitrogen and oxygen atoms in total. The molecule has 2 rings (SSSR count). The molecule has 1 heterocycles. The zero-order valence-electron chi connectivity index (χ0n) is 11.8. The molecule has 0 unspecified atom stereocenters. The van der Waals surface area contributed by atoms with Gasteiger partial charge in [0.15, 0.2) is 5.16 Å². The summed E-state index contributed by atoms with van der Waals surface area (Å²) in [5.74, 6) is 2.92. The van der Waals surface area contributed by atoms with Gasteiger partial charge < -0.3 is 10.3 Å². The highest BCUT2D eigenvalue weighted by atomic mass is 32.2. The summed E-state index contributed by atoms with van der Waals surface area (Å²) in [4.78, 5) is 1.31. The maximum absolute atomic E-state index is 5.70. The zero-order valence-corrected chi connectivity index (χ0v) is 13.5. The van der Waals surface area contributed by atoms with Crippen molar-refractivity contribution in [2.75, 3.05) is 11.5 Å². The van der Waals surface area contributed by atoms with Crippen LogP contribution in [0.25, 0.3) is 0 Å². The lowest BCUT2D eigenvalue weighted by Crippen LogP contribution is -2.11. The Labute approximate surface area is 128 Å². The molecule has 0 aliphatic heterocycles. The molecule has 2 N–H and O–H groups in total. The van der Waals surface area contributed by atoms with E-state index in [0.717, 1.165) is 22.5 Å². The van der Waals surface area contributed by atoms with E-state index in [9.17, 15) is 0 Å². The summed E-state index contributed by atoms with van der Waals surface area (Å²) in [5.41, 5.74) is 5.70. The lowest BCUT2D eigenvalue weighted by Gasteiger charge is -2.12. The standard InChI is InChI=1S/C14H20N4S2/c1-11(2)18-13(10-15)16-17-14(18)20-9-8-19-12-6-4-3-5-7-12/h3-7,11H,8-10,15H2,1-2H3. The molecule has 6 heteroatoms. The molecule has 108 valence electrons. The van der Waals surface area contributed by atoms with Gasteiger partial charge in [-0.1, -0.05) is 30.0 Å². The van der Waals surface area contributed by atoms with Gasteiger partial charge in [0.1, 0.15) is 5.82 Å². The summed E-state index contributed by atoms with van der Waals surface area (Å²) >= 11 is 3.61. The van der Waals surface area contributed by atoms with Crippen molar-refractivity contribution >= 4 is 23.5 Å². The van der Waals surface area contributed by atoms with Gasteiger partial charge in [0.25, 0.3) is 0 Å². The Morgan fingerprint density at radius 2 is 1.80 bits per heavy atom. The molecule has 0 amide bonds. The van der Waals surface area contributed by atoms with Crippen LogP contribution in [0.5, 0.6) is 0 Å². The number of hydrogen-bond acceptors (Lipinski definition) is 5. The fourth-order valence-corrected chi connectivity index (χ4v) is 3.86. The van der Waals surface area contributed by atoms with Crippen molar-refractivity contribution in [1.29, 1.82) is 0 Å². The highest BCUT2D eigenvalue weighted by Crippen LogP contribution is 2.24. The smallest absolute Gasteiger partial charge is 0.191 e. The second-order valence-corrected chi connectivity index (χ2v) is 6.81. The molecule has 0 radical (unpaired) electrons. The predicted molar refractivity (Wildman–Crippen MR) is 86.2 cm³/mol. The number of aromatic nitrogens is 3. The van der Waals surface area contributed by atoms with Gasteiger partial charge >= 0.3 is 0 Å². The Hall–Kier alpha value is -0.980. The molecule has 1 aromatic heterocycles. The van der Waals surface area contributed by atoms with Crippen LogP contribution in [-0.2, 0) is 6.54 Å². The number of benzene rings is 1. The van der Waals surface area contributed by atoms with Gasteiger partial charge in [-0.2, -0.15) is 0 Å². The Morgan fingerprint density at radius 1 is 1.10 bits per heavy atom. The number of hydrogen-bond donors (Lipinski definition) is 1. The number of nitrogens with zero attached hydrogens (tertiary/aromatic N) is 3. The van der Waals surface area contributed by atoms with Crippen molar-refractivity contribution in [3.05, 3.63) is 36.2 Å². The SMILES string of the molecule is CC(C)n1c(CN)nnc1SCCSc1ccccc1. The molecule has 0 atom stereocenters. The number of rotatable bonds is 7. The van der Waals surface area contributed by atoms with E-state index >= 15 is 0 Å². The Bertz CT molecular complexity index is 525. The average Bonchev–Trinajstić information content (AvgIpc) is 2.88. The summed E-state index contributed by atoms with van der Waals surface area (Å²) in [5, 5.41) is 9.36. The molecule has 1 aromatic carbocycles. The normalized spacial score (nSPS) is 11.2. The Kier molecular flexibility index (Phi) is 5.94. The third-order valence-electron chi connectivity index (χ3n) is 2.76. The highest BCUT2D eigenvalue weighted by Gasteiger charge is 2.13. The summed E-state index contributed by atoms with van der Waals surface area (Å²) in [6.07, 6.45) is 0. The van der Waals surface area contributed by atoms with Crippen LogP contribution in [0.1, 0.15) is 25.7 Å². The molecule has 0 aliphatic rings. The van der Waals surface area contributed by atoms with Crippen LogP contribution in [0, 0.1) is 0 Å². The van der Waals surface area contributed by atoms with E-state index < -0.39 is 0 Å². The zero-order chi connectivity index (χ0) is 14.4. The average molecular weight is 308 g/mol. The van der Waals surface area contributed by atoms with Crippen molar-refractivity contribution in [3.8, 4) is 0 Å². The fraction of sp³-hybridized carbons (Fsp3) is 0.429. The van der Waals surface area contributed by atoms with Gasteiger partial charge in [-0.3, -0.25) is 0 Å². The van der Waals surface area contributed by atoms with Gasteiger partial charge in [0.05, 0.1) is 6.54 Å². The lowest BCUT2D eigenvalue weighted by atomic mass is 10.4. The molecule has 0 saturated carbocycles. The number of nitrogens with two attached hydrogens (primary N) is 1. The largest absolute Gasteiger partial charge is 0.324 e. The van der Waals surface area contributed by atoms with Gasteiger partial charge in [0.2, 0.25) is 0 Å². The van der Waals surface area contributed by atoms with Crippen molar-refractivity contribution < 1.29 is 0 Å². The highest BCUT2D eigenvalue weighted by molar-refractivity contribution is 8.02. The minimum Gasteiger partial charge on any atom is -0.324 e. The maximum atomic E-state index is 5.70. The first-order valence-electron chi connectivity index (χ1n) is 6.67. The van der Waals surface area contributed by atoms with Gasteiger partial charge in [0, 0.05) is 22.4 Å². The quantitative estimate of drug-likeness (QED) is 0.629. The lowest BCUT2D eigenvalue weighted by molar-refractivity contribution is 0.526. The molecule has 0 aliphatic carbocycles. The summed E-state index contributed by atoms with van der Waals surface area (Å²) < 4.78 is 2.12. The van der Waals surface area contributed by atoms with Crippen molar-refractivity contribution in [3.63, 3.8) is 0 Å². The van der Waals surface area contributed by atoms with Gasteiger partial charge in [-0.25, -0.2) is 0 Å². The predicted octanol–water partition coefficient (Wildman–Crippen LogP) is 3.20. The first-order valence-corrected chi connectivity index (χ1v) is 8.64. The van der Waals surface area contributed by atoms with E-state index in [2.05, 4.69) is 52.9 Å². The molecule has 2 aromatic rings.